The van der Waals surface area contributed by atoms with Gasteiger partial charge in [-0.1, -0.05) is 35.9 Å². The lowest BCUT2D eigenvalue weighted by molar-refractivity contribution is 0.252. The molecule has 0 aliphatic heterocycles. The molecule has 0 spiro atoms. The van der Waals surface area contributed by atoms with Crippen LogP contribution in [0.3, 0.4) is 0 Å². The molecule has 0 aliphatic rings. The van der Waals surface area contributed by atoms with Gasteiger partial charge >= 0.3 is 6.03 Å². The summed E-state index contributed by atoms with van der Waals surface area (Å²) in [5.41, 5.74) is 0.727. The number of aromatic nitrogens is 1. The number of amides is 2. The highest BCUT2D eigenvalue weighted by Gasteiger charge is 2.08. The van der Waals surface area contributed by atoms with Gasteiger partial charge in [0.05, 0.1) is 9.72 Å². The number of thiazole rings is 1. The molecule has 2 N–H and O–H groups in total. The average Bonchev–Trinajstić information content (AvgIpc) is 2.70. The largest absolute Gasteiger partial charge is 0.338 e. The number of benzene rings is 1. The molecule has 6 heteroatoms. The lowest BCUT2D eigenvalue weighted by atomic mass is 10.3. The summed E-state index contributed by atoms with van der Waals surface area (Å²) in [6, 6.07) is 5.34. The van der Waals surface area contributed by atoms with Crippen LogP contribution in [-0.2, 0) is 0 Å². The second kappa shape index (κ2) is 5.33. The van der Waals surface area contributed by atoms with Crippen LogP contribution in [0.2, 0.25) is 5.02 Å². The number of halogens is 1. The summed E-state index contributed by atoms with van der Waals surface area (Å²) in [7, 11) is 0. The van der Waals surface area contributed by atoms with Crippen LogP contribution < -0.4 is 10.6 Å². The molecule has 0 unspecified atom stereocenters. The molecule has 0 radical (unpaired) electrons. The molecule has 0 atom stereocenters. The van der Waals surface area contributed by atoms with Crippen molar-refractivity contribution < 1.29 is 4.79 Å². The third kappa shape index (κ3) is 2.87. The first-order valence-electron chi connectivity index (χ1n) is 5.30. The summed E-state index contributed by atoms with van der Waals surface area (Å²) < 4.78 is 0.961. The van der Waals surface area contributed by atoms with Crippen LogP contribution in [0.5, 0.6) is 0 Å². The van der Waals surface area contributed by atoms with Crippen molar-refractivity contribution >= 4 is 44.3 Å². The highest BCUT2D eigenvalue weighted by molar-refractivity contribution is 7.22. The fourth-order valence-electron chi connectivity index (χ4n) is 1.35. The zero-order chi connectivity index (χ0) is 12.3. The Labute approximate surface area is 108 Å². The van der Waals surface area contributed by atoms with E-state index >= 15 is 0 Å². The van der Waals surface area contributed by atoms with Gasteiger partial charge in [0.15, 0.2) is 5.13 Å². The van der Waals surface area contributed by atoms with Gasteiger partial charge in [-0.15, -0.1) is 0 Å². The number of para-hydroxylation sites is 1. The summed E-state index contributed by atoms with van der Waals surface area (Å²) in [6.45, 7) is 2.65. The maximum absolute atomic E-state index is 11.4. The predicted octanol–water partition coefficient (Wildman–Crippen LogP) is 3.48. The van der Waals surface area contributed by atoms with E-state index in [1.807, 2.05) is 19.1 Å². The molecule has 1 aromatic carbocycles. The van der Waals surface area contributed by atoms with Gasteiger partial charge in [0.25, 0.3) is 0 Å². The lowest BCUT2D eigenvalue weighted by Crippen LogP contribution is -2.29. The number of hydrogen-bond acceptors (Lipinski definition) is 3. The van der Waals surface area contributed by atoms with Gasteiger partial charge in [-0.05, 0) is 18.6 Å². The van der Waals surface area contributed by atoms with E-state index in [2.05, 4.69) is 15.6 Å². The van der Waals surface area contributed by atoms with Gasteiger partial charge in [0, 0.05) is 6.54 Å². The summed E-state index contributed by atoms with van der Waals surface area (Å²) in [6.07, 6.45) is 0.902. The fourth-order valence-corrected chi connectivity index (χ4v) is 2.51. The van der Waals surface area contributed by atoms with Crippen LogP contribution in [0.15, 0.2) is 18.2 Å². The Bertz CT molecular complexity index is 540. The van der Waals surface area contributed by atoms with Crippen LogP contribution in [0.1, 0.15) is 13.3 Å². The van der Waals surface area contributed by atoms with E-state index in [9.17, 15) is 4.79 Å². The minimum Gasteiger partial charge on any atom is -0.338 e. The molecule has 1 heterocycles. The minimum atomic E-state index is -0.234. The van der Waals surface area contributed by atoms with E-state index in [1.54, 1.807) is 6.07 Å². The molecule has 17 heavy (non-hydrogen) atoms. The average molecular weight is 270 g/mol. The summed E-state index contributed by atoms with van der Waals surface area (Å²) >= 11 is 7.41. The molecule has 0 saturated carbocycles. The smallest absolute Gasteiger partial charge is 0.321 e. The zero-order valence-electron chi connectivity index (χ0n) is 9.29. The topological polar surface area (TPSA) is 54.0 Å². The Hall–Kier alpha value is -1.33. The monoisotopic (exact) mass is 269 g/mol. The third-order valence-electron chi connectivity index (χ3n) is 2.13. The van der Waals surface area contributed by atoms with E-state index in [4.69, 9.17) is 11.6 Å². The number of rotatable bonds is 3. The third-order valence-corrected chi connectivity index (χ3v) is 3.37. The summed E-state index contributed by atoms with van der Waals surface area (Å²) in [5.74, 6) is 0. The van der Waals surface area contributed by atoms with Crippen molar-refractivity contribution in [2.75, 3.05) is 11.9 Å². The Morgan fingerprint density at radius 3 is 3.06 bits per heavy atom. The Morgan fingerprint density at radius 2 is 2.35 bits per heavy atom. The van der Waals surface area contributed by atoms with Crippen molar-refractivity contribution in [2.24, 2.45) is 0 Å². The van der Waals surface area contributed by atoms with E-state index in [0.29, 0.717) is 16.7 Å². The van der Waals surface area contributed by atoms with Crippen molar-refractivity contribution in [1.82, 2.24) is 10.3 Å². The van der Waals surface area contributed by atoms with E-state index in [-0.39, 0.29) is 6.03 Å². The van der Waals surface area contributed by atoms with Gasteiger partial charge in [-0.25, -0.2) is 9.78 Å². The second-order valence-electron chi connectivity index (χ2n) is 3.49. The molecular formula is C11H12ClN3OS. The quantitative estimate of drug-likeness (QED) is 0.896. The van der Waals surface area contributed by atoms with Gasteiger partial charge in [0.1, 0.15) is 5.52 Å². The van der Waals surface area contributed by atoms with Crippen molar-refractivity contribution in [1.29, 1.82) is 0 Å². The first kappa shape index (κ1) is 12.1. The van der Waals surface area contributed by atoms with Crippen molar-refractivity contribution in [3.05, 3.63) is 23.2 Å². The number of carbonyl (C=O) groups excluding carboxylic acids is 1. The standard InChI is InChI=1S/C11H12ClN3OS/c1-2-6-13-10(16)15-11-14-9-7(12)4-3-5-8(9)17-11/h3-5H,2,6H2,1H3,(H2,13,14,15,16). The number of fused-ring (bicyclic) bond motifs is 1. The summed E-state index contributed by atoms with van der Waals surface area (Å²) in [5, 5.41) is 6.57. The molecule has 0 saturated heterocycles. The van der Waals surface area contributed by atoms with Crippen LogP contribution in [0.25, 0.3) is 10.2 Å². The molecule has 0 bridgehead atoms. The van der Waals surface area contributed by atoms with E-state index in [1.165, 1.54) is 11.3 Å². The van der Waals surface area contributed by atoms with Gasteiger partial charge < -0.3 is 5.32 Å². The second-order valence-corrected chi connectivity index (χ2v) is 4.92. The highest BCUT2D eigenvalue weighted by atomic mass is 35.5. The molecule has 2 rings (SSSR count). The van der Waals surface area contributed by atoms with E-state index in [0.717, 1.165) is 16.6 Å². The number of nitrogens with one attached hydrogen (secondary N) is 2. The van der Waals surface area contributed by atoms with Crippen molar-refractivity contribution in [3.63, 3.8) is 0 Å². The number of carbonyl (C=O) groups is 1. The van der Waals surface area contributed by atoms with Gasteiger partial charge in [-0.3, -0.25) is 5.32 Å². The van der Waals surface area contributed by atoms with Crippen LogP contribution >= 0.6 is 22.9 Å². The molecule has 2 amide bonds. The molecule has 0 fully saturated rings. The Balaban J connectivity index is 2.14. The van der Waals surface area contributed by atoms with Gasteiger partial charge in [-0.2, -0.15) is 0 Å². The number of hydrogen-bond donors (Lipinski definition) is 2. The fraction of sp³-hybridized carbons (Fsp3) is 0.273. The first-order chi connectivity index (χ1) is 8.20. The maximum atomic E-state index is 11.4. The first-order valence-corrected chi connectivity index (χ1v) is 6.50. The van der Waals surface area contributed by atoms with Crippen LogP contribution in [0, 0.1) is 0 Å². The normalized spacial score (nSPS) is 10.5. The van der Waals surface area contributed by atoms with Crippen LogP contribution in [-0.4, -0.2) is 17.6 Å². The van der Waals surface area contributed by atoms with Crippen molar-refractivity contribution in [2.45, 2.75) is 13.3 Å². The molecule has 1 aromatic heterocycles. The number of anilines is 1. The molecule has 4 nitrogen and oxygen atoms in total. The summed E-state index contributed by atoms with van der Waals surface area (Å²) in [4.78, 5) is 15.7. The lowest BCUT2D eigenvalue weighted by Gasteiger charge is -2.02. The SMILES string of the molecule is CCCNC(=O)Nc1nc2c(Cl)cccc2s1. The predicted molar refractivity (Wildman–Crippen MR) is 71.9 cm³/mol. The maximum Gasteiger partial charge on any atom is 0.321 e. The number of nitrogens with zero attached hydrogens (tertiary/aromatic N) is 1. The molecular weight excluding hydrogens is 258 g/mol. The van der Waals surface area contributed by atoms with E-state index < -0.39 is 0 Å². The molecule has 0 aliphatic carbocycles. The Morgan fingerprint density at radius 1 is 1.53 bits per heavy atom. The molecule has 90 valence electrons. The number of urea groups is 1. The van der Waals surface area contributed by atoms with Crippen molar-refractivity contribution in [3.8, 4) is 0 Å². The van der Waals surface area contributed by atoms with Crippen LogP contribution in [0.4, 0.5) is 9.93 Å². The molecule has 2 aromatic rings. The zero-order valence-corrected chi connectivity index (χ0v) is 10.9. The van der Waals surface area contributed by atoms with Gasteiger partial charge in [0.2, 0.25) is 0 Å². The highest BCUT2D eigenvalue weighted by Crippen LogP contribution is 2.30. The minimum absolute atomic E-state index is 0.234. The Kier molecular flexibility index (Phi) is 3.81.